The number of fused-ring (bicyclic) bond motifs is 1. The number of likely N-dealkylation sites (N-methyl/N-ethyl adjacent to an activating group) is 1. The summed E-state index contributed by atoms with van der Waals surface area (Å²) in [5.41, 5.74) is 1.94. The number of ether oxygens (including phenoxy) is 4. The van der Waals surface area contributed by atoms with E-state index in [4.69, 9.17) is 30.5 Å². The first kappa shape index (κ1) is 27.3. The van der Waals surface area contributed by atoms with Crippen LogP contribution in [-0.4, -0.2) is 77.5 Å². The third-order valence-electron chi connectivity index (χ3n) is 4.78. The zero-order chi connectivity index (χ0) is 25.1. The fraction of sp³-hybridized carbons (Fsp3) is 0.435. The average molecular weight is 495 g/mol. The molecule has 0 atom stereocenters. The summed E-state index contributed by atoms with van der Waals surface area (Å²) >= 11 is 6.35. The molecule has 1 aliphatic rings. The maximum Gasteiger partial charge on any atom is 0.335 e. The molecule has 0 aliphatic carbocycles. The van der Waals surface area contributed by atoms with Crippen LogP contribution in [0.2, 0.25) is 5.02 Å². The quantitative estimate of drug-likeness (QED) is 0.101. The lowest BCUT2D eigenvalue weighted by Crippen LogP contribution is -2.22. The Labute approximate surface area is 204 Å². The molecule has 0 fully saturated rings. The van der Waals surface area contributed by atoms with Gasteiger partial charge in [-0.25, -0.2) is 9.80 Å². The molecule has 2 rings (SSSR count). The van der Waals surface area contributed by atoms with Crippen LogP contribution in [0.15, 0.2) is 34.6 Å². The van der Waals surface area contributed by atoms with Gasteiger partial charge >= 0.3 is 5.97 Å². The number of benzene rings is 1. The highest BCUT2D eigenvalue weighted by molar-refractivity contribution is 6.35. The van der Waals surface area contributed by atoms with Crippen LogP contribution in [0.5, 0.6) is 5.75 Å². The van der Waals surface area contributed by atoms with Gasteiger partial charge in [0, 0.05) is 25.9 Å². The molecule has 0 radical (unpaired) electrons. The number of nitrogens with one attached hydrogen (secondary N) is 2. The number of hydrogen-bond acceptors (Lipinski definition) is 9. The Morgan fingerprint density at radius 3 is 2.74 bits per heavy atom. The van der Waals surface area contributed by atoms with Crippen molar-refractivity contribution >= 4 is 41.5 Å². The van der Waals surface area contributed by atoms with E-state index in [0.29, 0.717) is 46.5 Å². The van der Waals surface area contributed by atoms with Crippen molar-refractivity contribution < 1.29 is 28.5 Å². The highest BCUT2D eigenvalue weighted by atomic mass is 35.5. The number of hydrogen-bond donors (Lipinski definition) is 2. The molecule has 0 saturated heterocycles. The average Bonchev–Trinajstić information content (AvgIpc) is 3.11. The van der Waals surface area contributed by atoms with Crippen molar-refractivity contribution in [3.05, 3.63) is 40.1 Å². The number of carbonyl (C=O) groups excluding carboxylic acids is 2. The smallest absolute Gasteiger partial charge is 0.335 e. The van der Waals surface area contributed by atoms with Crippen LogP contribution in [0.1, 0.15) is 19.4 Å². The summed E-state index contributed by atoms with van der Waals surface area (Å²) in [6.45, 7) is 9.02. The van der Waals surface area contributed by atoms with Crippen LogP contribution in [-0.2, 0) is 23.8 Å². The van der Waals surface area contributed by atoms with Crippen LogP contribution >= 0.6 is 11.6 Å². The van der Waals surface area contributed by atoms with Gasteiger partial charge in [0.05, 0.1) is 47.4 Å². The first-order valence-electron chi connectivity index (χ1n) is 10.7. The molecular weight excluding hydrogens is 464 g/mol. The second-order valence-corrected chi connectivity index (χ2v) is 7.50. The van der Waals surface area contributed by atoms with Gasteiger partial charge in [-0.1, -0.05) is 11.6 Å². The number of esters is 1. The highest BCUT2D eigenvalue weighted by Gasteiger charge is 2.28. The van der Waals surface area contributed by atoms with Gasteiger partial charge in [-0.15, -0.1) is 0 Å². The number of rotatable bonds is 14. The standard InChI is InChI=1S/C23H31ClN4O6/c1-6-33-23(30)15(2)20(28(26-4)14-31-5)11-17-16-12-21(34-10-9-32-8-7-25-3)18(24)13-19(16)27-22(17)29/h11-13,25H,4,6-10,14H2,1-3,5H3,(H,27,29)/b17-11-,20-15+. The molecule has 11 heteroatoms. The molecule has 1 aromatic rings. The molecule has 34 heavy (non-hydrogen) atoms. The molecule has 186 valence electrons. The third-order valence-corrected chi connectivity index (χ3v) is 5.08. The fourth-order valence-corrected chi connectivity index (χ4v) is 3.32. The summed E-state index contributed by atoms with van der Waals surface area (Å²) in [5, 5.41) is 11.4. The van der Waals surface area contributed by atoms with E-state index >= 15 is 0 Å². The zero-order valence-electron chi connectivity index (χ0n) is 19.9. The second kappa shape index (κ2) is 13.7. The SMILES string of the molecule is C=NN(COC)C(/C=C1\C(=O)Nc2cc(Cl)c(OCCOCCNC)cc21)=C(\C)C(=O)OCC. The van der Waals surface area contributed by atoms with Crippen LogP contribution < -0.4 is 15.4 Å². The molecule has 1 heterocycles. The normalized spacial score (nSPS) is 14.4. The van der Waals surface area contributed by atoms with Gasteiger partial charge in [-0.2, -0.15) is 5.10 Å². The Kier molecular flexibility index (Phi) is 11.0. The number of methoxy groups -OCH3 is 1. The monoisotopic (exact) mass is 494 g/mol. The maximum atomic E-state index is 12.8. The van der Waals surface area contributed by atoms with Crippen molar-refractivity contribution in [2.45, 2.75) is 13.8 Å². The second-order valence-electron chi connectivity index (χ2n) is 7.09. The Balaban J connectivity index is 2.41. The van der Waals surface area contributed by atoms with E-state index in [9.17, 15) is 9.59 Å². The molecule has 1 amide bonds. The van der Waals surface area contributed by atoms with Gasteiger partial charge in [-0.05, 0) is 39.1 Å². The summed E-state index contributed by atoms with van der Waals surface area (Å²) < 4.78 is 21.5. The summed E-state index contributed by atoms with van der Waals surface area (Å²) in [7, 11) is 3.33. The minimum Gasteiger partial charge on any atom is -0.490 e. The highest BCUT2D eigenvalue weighted by Crippen LogP contribution is 2.40. The number of hydrazone groups is 1. The van der Waals surface area contributed by atoms with Gasteiger partial charge in [0.1, 0.15) is 19.1 Å². The minimum absolute atomic E-state index is 0.0103. The Morgan fingerprint density at radius 2 is 2.09 bits per heavy atom. The molecule has 0 aromatic heterocycles. The lowest BCUT2D eigenvalue weighted by molar-refractivity contribution is -0.138. The summed E-state index contributed by atoms with van der Waals surface area (Å²) in [6, 6.07) is 3.29. The molecule has 2 N–H and O–H groups in total. The van der Waals surface area contributed by atoms with Gasteiger partial charge < -0.3 is 29.6 Å². The number of nitrogens with zero attached hydrogens (tertiary/aromatic N) is 2. The van der Waals surface area contributed by atoms with Crippen LogP contribution in [0, 0.1) is 0 Å². The molecule has 0 unspecified atom stereocenters. The predicted octanol–water partition coefficient (Wildman–Crippen LogP) is 2.65. The van der Waals surface area contributed by atoms with E-state index in [-0.39, 0.29) is 31.4 Å². The van der Waals surface area contributed by atoms with Gasteiger partial charge in [-0.3, -0.25) is 4.79 Å². The molecule has 10 nitrogen and oxygen atoms in total. The molecule has 0 bridgehead atoms. The number of carbonyl (C=O) groups is 2. The third kappa shape index (κ3) is 7.04. The maximum absolute atomic E-state index is 12.8. The topological polar surface area (TPSA) is 111 Å². The number of halogens is 1. The molecule has 0 spiro atoms. The summed E-state index contributed by atoms with van der Waals surface area (Å²) in [5.74, 6) is -0.506. The zero-order valence-corrected chi connectivity index (χ0v) is 20.7. The summed E-state index contributed by atoms with van der Waals surface area (Å²) in [4.78, 5) is 25.2. The lowest BCUT2D eigenvalue weighted by Gasteiger charge is -2.21. The van der Waals surface area contributed by atoms with E-state index < -0.39 is 5.97 Å². The van der Waals surface area contributed by atoms with Crippen molar-refractivity contribution in [2.24, 2.45) is 5.10 Å². The van der Waals surface area contributed by atoms with Crippen molar-refractivity contribution in [1.82, 2.24) is 10.3 Å². The molecule has 1 aromatic carbocycles. The van der Waals surface area contributed by atoms with Gasteiger partial charge in [0.25, 0.3) is 5.91 Å². The number of anilines is 1. The van der Waals surface area contributed by atoms with Gasteiger partial charge in [0.2, 0.25) is 0 Å². The van der Waals surface area contributed by atoms with E-state index in [1.807, 2.05) is 7.05 Å². The molecular formula is C23H31ClN4O6. The molecule has 1 aliphatic heterocycles. The Hall–Kier alpha value is -2.92. The summed E-state index contributed by atoms with van der Waals surface area (Å²) in [6.07, 6.45) is 1.54. The first-order chi connectivity index (χ1) is 16.4. The van der Waals surface area contributed by atoms with Crippen molar-refractivity contribution in [1.29, 1.82) is 0 Å². The number of allylic oxidation sites excluding steroid dienone is 1. The van der Waals surface area contributed by atoms with Gasteiger partial charge in [0.15, 0.2) is 0 Å². The van der Waals surface area contributed by atoms with Crippen molar-refractivity contribution in [3.63, 3.8) is 0 Å². The van der Waals surface area contributed by atoms with E-state index in [0.717, 1.165) is 6.54 Å². The lowest BCUT2D eigenvalue weighted by atomic mass is 10.0. The van der Waals surface area contributed by atoms with Crippen LogP contribution in [0.25, 0.3) is 5.57 Å². The van der Waals surface area contributed by atoms with Crippen LogP contribution in [0.4, 0.5) is 5.69 Å². The molecule has 0 saturated carbocycles. The van der Waals surface area contributed by atoms with Crippen molar-refractivity contribution in [3.8, 4) is 5.75 Å². The first-order valence-corrected chi connectivity index (χ1v) is 11.1. The fourth-order valence-electron chi connectivity index (χ4n) is 3.10. The minimum atomic E-state index is -0.545. The largest absolute Gasteiger partial charge is 0.490 e. The van der Waals surface area contributed by atoms with Crippen LogP contribution in [0.3, 0.4) is 0 Å². The van der Waals surface area contributed by atoms with E-state index in [2.05, 4.69) is 22.5 Å². The predicted molar refractivity (Wildman–Crippen MR) is 131 cm³/mol. The Morgan fingerprint density at radius 1 is 1.32 bits per heavy atom. The number of amides is 1. The van der Waals surface area contributed by atoms with E-state index in [1.54, 1.807) is 32.1 Å². The van der Waals surface area contributed by atoms with E-state index in [1.165, 1.54) is 12.1 Å². The van der Waals surface area contributed by atoms with Crippen molar-refractivity contribution in [2.75, 3.05) is 59.2 Å². The Bertz CT molecular complexity index is 963.